The van der Waals surface area contributed by atoms with Gasteiger partial charge in [-0.1, -0.05) is 25.8 Å². The maximum Gasteiger partial charge on any atom is 0.0695 e. The highest BCUT2D eigenvalue weighted by Crippen LogP contribution is 1.91. The molecule has 0 fully saturated rings. The molecule has 0 aliphatic carbocycles. The quantitative estimate of drug-likeness (QED) is 0.386. The largest absolute Gasteiger partial charge is 0.107 e. The van der Waals surface area contributed by atoms with Gasteiger partial charge in [0.2, 0.25) is 0 Å². The normalized spacial score (nSPS) is 8.71. The van der Waals surface area contributed by atoms with Crippen molar-refractivity contribution in [3.05, 3.63) is 12.3 Å². The Labute approximate surface area is 48.4 Å². The second-order valence-corrected chi connectivity index (χ2v) is 2.83. The topological polar surface area (TPSA) is 0 Å². The van der Waals surface area contributed by atoms with Crippen molar-refractivity contribution in [2.45, 2.75) is 25.8 Å². The molecule has 0 aromatic rings. The van der Waals surface area contributed by atoms with Crippen LogP contribution >= 0.6 is 0 Å². The van der Waals surface area contributed by atoms with E-state index < -0.39 is 0 Å². The summed E-state index contributed by atoms with van der Waals surface area (Å²) in [5.41, 5.74) is 2.01. The molecule has 0 heterocycles. The minimum absolute atomic E-state index is 0.986. The van der Waals surface area contributed by atoms with Crippen LogP contribution in [0.1, 0.15) is 19.8 Å². The van der Waals surface area contributed by atoms with Crippen LogP contribution in [0, 0.1) is 0 Å². The summed E-state index contributed by atoms with van der Waals surface area (Å²) < 4.78 is 0. The smallest absolute Gasteiger partial charge is 0.0695 e. The van der Waals surface area contributed by atoms with E-state index in [0.717, 1.165) is 9.52 Å². The van der Waals surface area contributed by atoms with Gasteiger partial charge in [0.1, 0.15) is 0 Å². The first-order valence-corrected chi connectivity index (χ1v) is 4.04. The number of rotatable bonds is 4. The molecule has 0 N–H and O–H groups in total. The Bertz CT molecular complexity index is 41.4. The summed E-state index contributed by atoms with van der Waals surface area (Å²) in [6.07, 6.45) is 2.69. The van der Waals surface area contributed by atoms with Crippen molar-refractivity contribution in [2.24, 2.45) is 0 Å². The summed E-state index contributed by atoms with van der Waals surface area (Å²) >= 11 is 0. The van der Waals surface area contributed by atoms with Gasteiger partial charge in [0.15, 0.2) is 0 Å². The van der Waals surface area contributed by atoms with Gasteiger partial charge in [-0.2, -0.15) is 0 Å². The third-order valence-corrected chi connectivity index (χ3v) is 1.75. The fourth-order valence-corrected chi connectivity index (χ4v) is 1.14. The lowest BCUT2D eigenvalue weighted by Crippen LogP contribution is -1.80. The highest BCUT2D eigenvalue weighted by atomic mass is 28.2. The zero-order valence-corrected chi connectivity index (χ0v) is 5.91. The van der Waals surface area contributed by atoms with Crippen molar-refractivity contribution < 1.29 is 0 Å². The van der Waals surface area contributed by atoms with Crippen LogP contribution in [0.4, 0.5) is 0 Å². The first-order chi connectivity index (χ1) is 3.41. The van der Waals surface area contributed by atoms with E-state index in [1.165, 1.54) is 18.9 Å². The molecule has 7 heavy (non-hydrogen) atoms. The summed E-state index contributed by atoms with van der Waals surface area (Å²) in [6.45, 7) is 5.86. The maximum absolute atomic E-state index is 3.64. The van der Waals surface area contributed by atoms with Gasteiger partial charge in [0, 0.05) is 0 Å². The molecule has 0 unspecified atom stereocenters. The van der Waals surface area contributed by atoms with E-state index in [1.54, 1.807) is 0 Å². The van der Waals surface area contributed by atoms with Crippen LogP contribution in [-0.4, -0.2) is 9.52 Å². The number of hydrogen-bond donors (Lipinski definition) is 0. The molecule has 0 aromatic heterocycles. The Hall–Kier alpha value is -0.0431. The third kappa shape index (κ3) is 5.96. The van der Waals surface area contributed by atoms with Crippen LogP contribution in [0.3, 0.4) is 0 Å². The molecule has 0 amide bonds. The molecular formula is C6H12Si. The van der Waals surface area contributed by atoms with Crippen molar-refractivity contribution in [2.75, 3.05) is 0 Å². The SMILES string of the molecule is C=C[Si]CCCC. The lowest BCUT2D eigenvalue weighted by atomic mass is 10.4. The summed E-state index contributed by atoms with van der Waals surface area (Å²) in [5, 5.41) is 0. The molecular weight excluding hydrogens is 100 g/mol. The van der Waals surface area contributed by atoms with Gasteiger partial charge in [-0.3, -0.25) is 0 Å². The van der Waals surface area contributed by atoms with E-state index in [2.05, 4.69) is 13.5 Å². The van der Waals surface area contributed by atoms with Crippen molar-refractivity contribution in [3.63, 3.8) is 0 Å². The molecule has 0 nitrogen and oxygen atoms in total. The van der Waals surface area contributed by atoms with Crippen molar-refractivity contribution in [3.8, 4) is 0 Å². The molecule has 0 rings (SSSR count). The molecule has 0 bridgehead atoms. The molecule has 0 aliphatic heterocycles. The fraction of sp³-hybridized carbons (Fsp3) is 0.667. The molecule has 40 valence electrons. The van der Waals surface area contributed by atoms with E-state index >= 15 is 0 Å². The van der Waals surface area contributed by atoms with Gasteiger partial charge in [-0.15, -0.1) is 12.3 Å². The molecule has 0 aromatic carbocycles. The Morgan fingerprint density at radius 3 is 2.86 bits per heavy atom. The Kier molecular flexibility index (Phi) is 5.92. The average molecular weight is 112 g/mol. The van der Waals surface area contributed by atoms with Crippen molar-refractivity contribution in [1.29, 1.82) is 0 Å². The Morgan fingerprint density at radius 2 is 2.43 bits per heavy atom. The molecule has 0 saturated carbocycles. The average Bonchev–Trinajstić information content (AvgIpc) is 1.69. The molecule has 1 heteroatoms. The first-order valence-electron chi connectivity index (χ1n) is 2.76. The summed E-state index contributed by atoms with van der Waals surface area (Å²) in [4.78, 5) is 0. The Balaban J connectivity index is 2.56. The van der Waals surface area contributed by atoms with E-state index in [4.69, 9.17) is 0 Å². The molecule has 2 radical (unpaired) electrons. The lowest BCUT2D eigenvalue weighted by molar-refractivity contribution is 0.881. The highest BCUT2D eigenvalue weighted by Gasteiger charge is 1.79. The second-order valence-electron chi connectivity index (χ2n) is 1.51. The molecule has 0 aliphatic rings. The molecule has 0 saturated heterocycles. The predicted octanol–water partition coefficient (Wildman–Crippen LogP) is 2.05. The van der Waals surface area contributed by atoms with E-state index in [1.807, 2.05) is 5.70 Å². The van der Waals surface area contributed by atoms with Crippen LogP contribution in [-0.2, 0) is 0 Å². The molecule has 0 spiro atoms. The van der Waals surface area contributed by atoms with Crippen LogP contribution < -0.4 is 0 Å². The van der Waals surface area contributed by atoms with E-state index in [9.17, 15) is 0 Å². The fourth-order valence-electron chi connectivity index (χ4n) is 0.381. The van der Waals surface area contributed by atoms with E-state index in [-0.39, 0.29) is 0 Å². The lowest BCUT2D eigenvalue weighted by Gasteiger charge is -1.86. The third-order valence-electron chi connectivity index (χ3n) is 0.819. The monoisotopic (exact) mass is 112 g/mol. The van der Waals surface area contributed by atoms with Crippen molar-refractivity contribution in [1.82, 2.24) is 0 Å². The van der Waals surface area contributed by atoms with Crippen LogP contribution in [0.2, 0.25) is 6.04 Å². The van der Waals surface area contributed by atoms with Crippen molar-refractivity contribution >= 4 is 9.52 Å². The predicted molar refractivity (Wildman–Crippen MR) is 35.7 cm³/mol. The van der Waals surface area contributed by atoms with E-state index in [0.29, 0.717) is 0 Å². The van der Waals surface area contributed by atoms with Gasteiger partial charge in [-0.25, -0.2) is 0 Å². The van der Waals surface area contributed by atoms with Crippen LogP contribution in [0.5, 0.6) is 0 Å². The van der Waals surface area contributed by atoms with Gasteiger partial charge in [-0.05, 0) is 0 Å². The zero-order valence-electron chi connectivity index (χ0n) is 4.91. The second kappa shape index (κ2) is 5.96. The maximum atomic E-state index is 3.64. The van der Waals surface area contributed by atoms with Crippen LogP contribution in [0.25, 0.3) is 0 Å². The van der Waals surface area contributed by atoms with Gasteiger partial charge in [0.25, 0.3) is 0 Å². The summed E-state index contributed by atoms with van der Waals surface area (Å²) in [5.74, 6) is 0. The summed E-state index contributed by atoms with van der Waals surface area (Å²) in [7, 11) is 0.986. The number of unbranched alkanes of at least 4 members (excludes halogenated alkanes) is 1. The first kappa shape index (κ1) is 6.96. The minimum atomic E-state index is 0.986. The highest BCUT2D eigenvalue weighted by molar-refractivity contribution is 6.41. The van der Waals surface area contributed by atoms with Gasteiger partial charge in [0.05, 0.1) is 9.52 Å². The Morgan fingerprint density at radius 1 is 1.71 bits per heavy atom. The molecule has 0 atom stereocenters. The van der Waals surface area contributed by atoms with Crippen LogP contribution in [0.15, 0.2) is 12.3 Å². The number of hydrogen-bond acceptors (Lipinski definition) is 0. The minimum Gasteiger partial charge on any atom is -0.107 e. The summed E-state index contributed by atoms with van der Waals surface area (Å²) in [6, 6.07) is 1.35. The van der Waals surface area contributed by atoms with Gasteiger partial charge < -0.3 is 0 Å². The van der Waals surface area contributed by atoms with Gasteiger partial charge >= 0.3 is 0 Å². The standard InChI is InChI=1S/C6H12Si/c1-3-5-6-7-4-2/h4H,2-3,5-6H2,1H3. The zero-order chi connectivity index (χ0) is 5.54.